The number of nitrogen functional groups attached to an aromatic ring is 1. The first-order valence-electron chi connectivity index (χ1n) is 3.59. The van der Waals surface area contributed by atoms with Crippen LogP contribution in [0.15, 0.2) is 18.5 Å². The van der Waals surface area contributed by atoms with Gasteiger partial charge in [-0.05, 0) is 18.6 Å². The van der Waals surface area contributed by atoms with E-state index in [9.17, 15) is 0 Å². The van der Waals surface area contributed by atoms with Crippen LogP contribution in [-0.2, 0) is 0 Å². The summed E-state index contributed by atoms with van der Waals surface area (Å²) in [7, 11) is 0. The van der Waals surface area contributed by atoms with Gasteiger partial charge in [-0.25, -0.2) is 15.3 Å². The number of nitrogens with zero attached hydrogens (tertiary/aromatic N) is 3. The minimum absolute atomic E-state index is 0.667. The van der Waals surface area contributed by atoms with Crippen LogP contribution in [0, 0.1) is 6.92 Å². The van der Waals surface area contributed by atoms with Crippen LogP contribution in [0.25, 0.3) is 5.65 Å². The number of hydrazine groups is 1. The van der Waals surface area contributed by atoms with E-state index in [-0.39, 0.29) is 0 Å². The maximum atomic E-state index is 5.26. The van der Waals surface area contributed by atoms with Crippen molar-refractivity contribution in [2.75, 3.05) is 5.43 Å². The summed E-state index contributed by atoms with van der Waals surface area (Å²) in [5, 5.41) is 4.17. The number of fused-ring (bicyclic) bond motifs is 1. The van der Waals surface area contributed by atoms with Gasteiger partial charge in [0.25, 0.3) is 0 Å². The molecule has 0 fully saturated rings. The topological polar surface area (TPSA) is 68.2 Å². The van der Waals surface area contributed by atoms with Gasteiger partial charge in [-0.2, -0.15) is 0 Å². The third-order valence-corrected chi connectivity index (χ3v) is 1.71. The van der Waals surface area contributed by atoms with E-state index in [0.29, 0.717) is 5.82 Å². The number of hydrogen-bond acceptors (Lipinski definition) is 4. The SMILES string of the molecule is Cc1cc2nccn2nc1NN. The van der Waals surface area contributed by atoms with E-state index in [0.717, 1.165) is 11.2 Å². The van der Waals surface area contributed by atoms with Crippen molar-refractivity contribution in [3.05, 3.63) is 24.0 Å². The third kappa shape index (κ3) is 0.911. The molecule has 0 saturated carbocycles. The van der Waals surface area contributed by atoms with Crippen molar-refractivity contribution in [1.29, 1.82) is 0 Å². The number of aromatic nitrogens is 3. The lowest BCUT2D eigenvalue weighted by molar-refractivity contribution is 0.924. The van der Waals surface area contributed by atoms with Gasteiger partial charge in [0.2, 0.25) is 0 Å². The quantitative estimate of drug-likeness (QED) is 0.469. The van der Waals surface area contributed by atoms with Gasteiger partial charge in [-0.15, -0.1) is 5.10 Å². The van der Waals surface area contributed by atoms with Gasteiger partial charge in [0.15, 0.2) is 11.5 Å². The van der Waals surface area contributed by atoms with Gasteiger partial charge in [-0.3, -0.25) is 0 Å². The van der Waals surface area contributed by atoms with Crippen molar-refractivity contribution in [3.63, 3.8) is 0 Å². The number of anilines is 1. The Morgan fingerprint density at radius 3 is 3.17 bits per heavy atom. The fourth-order valence-electron chi connectivity index (χ4n) is 1.09. The fraction of sp³-hybridized carbons (Fsp3) is 0.143. The molecule has 0 atom stereocenters. The summed E-state index contributed by atoms with van der Waals surface area (Å²) >= 11 is 0. The highest BCUT2D eigenvalue weighted by Crippen LogP contribution is 2.10. The maximum absolute atomic E-state index is 5.26. The lowest BCUT2D eigenvalue weighted by Crippen LogP contribution is -2.11. The first-order chi connectivity index (χ1) is 5.81. The monoisotopic (exact) mass is 163 g/mol. The first-order valence-corrected chi connectivity index (χ1v) is 3.59. The zero-order valence-electron chi connectivity index (χ0n) is 6.65. The van der Waals surface area contributed by atoms with Crippen LogP contribution in [-0.4, -0.2) is 14.6 Å². The van der Waals surface area contributed by atoms with Crippen LogP contribution in [0.4, 0.5) is 5.82 Å². The van der Waals surface area contributed by atoms with Gasteiger partial charge in [0, 0.05) is 12.4 Å². The summed E-state index contributed by atoms with van der Waals surface area (Å²) in [5.74, 6) is 5.93. The molecule has 2 aromatic rings. The molecule has 0 spiro atoms. The van der Waals surface area contributed by atoms with Gasteiger partial charge >= 0.3 is 0 Å². The number of rotatable bonds is 1. The molecule has 0 unspecified atom stereocenters. The second-order valence-corrected chi connectivity index (χ2v) is 2.55. The first kappa shape index (κ1) is 7.05. The van der Waals surface area contributed by atoms with E-state index < -0.39 is 0 Å². The molecule has 12 heavy (non-hydrogen) atoms. The van der Waals surface area contributed by atoms with E-state index in [1.165, 1.54) is 0 Å². The van der Waals surface area contributed by atoms with E-state index in [4.69, 9.17) is 5.84 Å². The minimum atomic E-state index is 0.667. The number of hydrogen-bond donors (Lipinski definition) is 2. The molecule has 5 nitrogen and oxygen atoms in total. The molecule has 0 aliphatic carbocycles. The smallest absolute Gasteiger partial charge is 0.163 e. The molecule has 0 aliphatic heterocycles. The summed E-state index contributed by atoms with van der Waals surface area (Å²) in [6.45, 7) is 1.93. The Labute approximate surface area is 69.2 Å². The average molecular weight is 163 g/mol. The highest BCUT2D eigenvalue weighted by Gasteiger charge is 2.00. The molecule has 0 amide bonds. The average Bonchev–Trinajstić information content (AvgIpc) is 2.49. The molecule has 0 aromatic carbocycles. The third-order valence-electron chi connectivity index (χ3n) is 1.71. The van der Waals surface area contributed by atoms with Crippen molar-refractivity contribution in [1.82, 2.24) is 14.6 Å². The summed E-state index contributed by atoms with van der Waals surface area (Å²) in [4.78, 5) is 4.09. The maximum Gasteiger partial charge on any atom is 0.163 e. The Morgan fingerprint density at radius 2 is 2.42 bits per heavy atom. The second-order valence-electron chi connectivity index (χ2n) is 2.55. The number of nitrogens with one attached hydrogen (secondary N) is 1. The largest absolute Gasteiger partial charge is 0.307 e. The van der Waals surface area contributed by atoms with Crippen molar-refractivity contribution >= 4 is 11.5 Å². The highest BCUT2D eigenvalue weighted by atomic mass is 15.3. The molecule has 5 heteroatoms. The van der Waals surface area contributed by atoms with Gasteiger partial charge in [0.05, 0.1) is 0 Å². The van der Waals surface area contributed by atoms with Gasteiger partial charge in [0.1, 0.15) is 0 Å². The molecular weight excluding hydrogens is 154 g/mol. The molecular formula is C7H9N5. The van der Waals surface area contributed by atoms with Crippen molar-refractivity contribution in [2.24, 2.45) is 5.84 Å². The zero-order valence-corrected chi connectivity index (χ0v) is 6.65. The lowest BCUT2D eigenvalue weighted by atomic mass is 10.3. The molecule has 0 radical (unpaired) electrons. The Bertz CT molecular complexity index is 405. The normalized spacial score (nSPS) is 10.5. The molecule has 3 N–H and O–H groups in total. The highest BCUT2D eigenvalue weighted by molar-refractivity contribution is 5.49. The molecule has 2 heterocycles. The molecule has 0 bridgehead atoms. The summed E-state index contributed by atoms with van der Waals surface area (Å²) in [6, 6.07) is 1.92. The Hall–Kier alpha value is -1.62. The number of aryl methyl sites for hydroxylation is 1. The Balaban J connectivity index is 2.73. The van der Waals surface area contributed by atoms with Crippen molar-refractivity contribution in [3.8, 4) is 0 Å². The number of nitrogens with two attached hydrogens (primary N) is 1. The van der Waals surface area contributed by atoms with Crippen LogP contribution in [0.1, 0.15) is 5.56 Å². The molecule has 0 saturated heterocycles. The second kappa shape index (κ2) is 2.46. The Kier molecular flexibility index (Phi) is 1.44. The molecule has 2 rings (SSSR count). The van der Waals surface area contributed by atoms with E-state index in [1.807, 2.05) is 13.0 Å². The molecule has 62 valence electrons. The summed E-state index contributed by atoms with van der Waals surface area (Å²) < 4.78 is 1.67. The van der Waals surface area contributed by atoms with E-state index >= 15 is 0 Å². The van der Waals surface area contributed by atoms with E-state index in [1.54, 1.807) is 16.9 Å². The molecule has 0 aliphatic rings. The lowest BCUT2D eigenvalue weighted by Gasteiger charge is -2.02. The van der Waals surface area contributed by atoms with Crippen molar-refractivity contribution in [2.45, 2.75) is 6.92 Å². The van der Waals surface area contributed by atoms with Crippen LogP contribution < -0.4 is 11.3 Å². The predicted octanol–water partition coefficient (Wildman–Crippen LogP) is 0.323. The molecule has 2 aromatic heterocycles. The fourth-order valence-corrected chi connectivity index (χ4v) is 1.09. The van der Waals surface area contributed by atoms with E-state index in [2.05, 4.69) is 15.5 Å². The van der Waals surface area contributed by atoms with Gasteiger partial charge in [-0.1, -0.05) is 0 Å². The Morgan fingerprint density at radius 1 is 1.58 bits per heavy atom. The van der Waals surface area contributed by atoms with Crippen LogP contribution in [0.2, 0.25) is 0 Å². The predicted molar refractivity (Wildman–Crippen MR) is 45.5 cm³/mol. The summed E-state index contributed by atoms with van der Waals surface area (Å²) in [6.07, 6.45) is 3.47. The zero-order chi connectivity index (χ0) is 8.55. The summed E-state index contributed by atoms with van der Waals surface area (Å²) in [5.41, 5.74) is 4.33. The number of imidazole rings is 1. The minimum Gasteiger partial charge on any atom is -0.307 e. The van der Waals surface area contributed by atoms with Gasteiger partial charge < -0.3 is 5.43 Å². The standard InChI is InChI=1S/C7H9N5/c1-5-4-6-9-2-3-12(6)11-7(5)10-8/h2-4H,8H2,1H3,(H,10,11). The van der Waals surface area contributed by atoms with Crippen LogP contribution in [0.3, 0.4) is 0 Å². The van der Waals surface area contributed by atoms with Crippen LogP contribution >= 0.6 is 0 Å². The van der Waals surface area contributed by atoms with Crippen LogP contribution in [0.5, 0.6) is 0 Å². The van der Waals surface area contributed by atoms with Crippen molar-refractivity contribution < 1.29 is 0 Å².